The number of carbonyl (C=O) groups excluding carboxylic acids is 1. The second kappa shape index (κ2) is 7.97. The molecule has 0 aliphatic carbocycles. The minimum Gasteiger partial charge on any atom is -0.478 e. The van der Waals surface area contributed by atoms with Crippen molar-refractivity contribution < 1.29 is 14.7 Å². The minimum atomic E-state index is -0.933. The fourth-order valence-electron chi connectivity index (χ4n) is 2.14. The number of benzene rings is 1. The van der Waals surface area contributed by atoms with Crippen LogP contribution in [0.3, 0.4) is 0 Å². The summed E-state index contributed by atoms with van der Waals surface area (Å²) in [4.78, 5) is 22.7. The van der Waals surface area contributed by atoms with E-state index in [0.29, 0.717) is 12.8 Å². The SMILES string of the molecule is CC(CCC(C)(C)C)NC(=O)CCc1ccc(C(=O)O)cc1. The summed E-state index contributed by atoms with van der Waals surface area (Å²) in [6.45, 7) is 8.62. The number of carboxylic acid groups (broad SMARTS) is 1. The van der Waals surface area contributed by atoms with Crippen LogP contribution in [0.5, 0.6) is 0 Å². The summed E-state index contributed by atoms with van der Waals surface area (Å²) in [5.41, 5.74) is 1.52. The summed E-state index contributed by atoms with van der Waals surface area (Å²) in [7, 11) is 0. The Hall–Kier alpha value is -1.84. The monoisotopic (exact) mass is 305 g/mol. The topological polar surface area (TPSA) is 66.4 Å². The number of rotatable bonds is 7. The van der Waals surface area contributed by atoms with Gasteiger partial charge in [-0.25, -0.2) is 4.79 Å². The van der Waals surface area contributed by atoms with Crippen molar-refractivity contribution in [2.45, 2.75) is 59.4 Å². The van der Waals surface area contributed by atoms with E-state index < -0.39 is 5.97 Å². The molecule has 0 spiro atoms. The lowest BCUT2D eigenvalue weighted by Gasteiger charge is -2.21. The van der Waals surface area contributed by atoms with Crippen molar-refractivity contribution in [2.24, 2.45) is 5.41 Å². The predicted molar refractivity (Wildman–Crippen MR) is 88.0 cm³/mol. The van der Waals surface area contributed by atoms with Crippen LogP contribution in [0, 0.1) is 5.41 Å². The van der Waals surface area contributed by atoms with Gasteiger partial charge < -0.3 is 10.4 Å². The first-order valence-corrected chi connectivity index (χ1v) is 7.79. The number of carbonyl (C=O) groups is 2. The molecule has 1 atom stereocenters. The summed E-state index contributed by atoms with van der Waals surface area (Å²) in [5, 5.41) is 11.9. The van der Waals surface area contributed by atoms with Crippen LogP contribution in [-0.4, -0.2) is 23.0 Å². The van der Waals surface area contributed by atoms with E-state index in [-0.39, 0.29) is 22.9 Å². The summed E-state index contributed by atoms with van der Waals surface area (Å²) < 4.78 is 0. The maximum atomic E-state index is 11.9. The lowest BCUT2D eigenvalue weighted by atomic mass is 9.89. The molecule has 0 fully saturated rings. The van der Waals surface area contributed by atoms with E-state index in [0.717, 1.165) is 18.4 Å². The Morgan fingerprint density at radius 1 is 1.18 bits per heavy atom. The number of aryl methyl sites for hydroxylation is 1. The normalized spacial score (nSPS) is 12.7. The molecule has 4 heteroatoms. The number of hydrogen-bond acceptors (Lipinski definition) is 2. The second-order valence-electron chi connectivity index (χ2n) is 7.07. The average molecular weight is 305 g/mol. The number of aromatic carboxylic acids is 1. The van der Waals surface area contributed by atoms with Crippen LogP contribution in [0.1, 0.15) is 62.9 Å². The van der Waals surface area contributed by atoms with Crippen molar-refractivity contribution >= 4 is 11.9 Å². The van der Waals surface area contributed by atoms with Crippen LogP contribution in [0.4, 0.5) is 0 Å². The van der Waals surface area contributed by atoms with Gasteiger partial charge in [-0.3, -0.25) is 4.79 Å². The highest BCUT2D eigenvalue weighted by molar-refractivity contribution is 5.87. The quantitative estimate of drug-likeness (QED) is 0.808. The largest absolute Gasteiger partial charge is 0.478 e. The highest BCUT2D eigenvalue weighted by Gasteiger charge is 2.14. The van der Waals surface area contributed by atoms with Crippen LogP contribution in [-0.2, 0) is 11.2 Å². The third kappa shape index (κ3) is 7.25. The lowest BCUT2D eigenvalue weighted by molar-refractivity contribution is -0.121. The van der Waals surface area contributed by atoms with E-state index >= 15 is 0 Å². The van der Waals surface area contributed by atoms with Gasteiger partial charge in [0, 0.05) is 12.5 Å². The average Bonchev–Trinajstić information content (AvgIpc) is 2.42. The van der Waals surface area contributed by atoms with Gasteiger partial charge in [-0.2, -0.15) is 0 Å². The zero-order valence-electron chi connectivity index (χ0n) is 14.0. The van der Waals surface area contributed by atoms with Gasteiger partial charge in [-0.1, -0.05) is 32.9 Å². The van der Waals surface area contributed by atoms with Gasteiger partial charge >= 0.3 is 5.97 Å². The molecule has 122 valence electrons. The molecule has 2 N–H and O–H groups in total. The molecule has 0 aliphatic heterocycles. The molecule has 0 saturated heterocycles. The molecule has 0 bridgehead atoms. The number of hydrogen-bond donors (Lipinski definition) is 2. The first kappa shape index (κ1) is 18.2. The molecule has 1 aromatic rings. The summed E-state index contributed by atoms with van der Waals surface area (Å²) >= 11 is 0. The summed E-state index contributed by atoms with van der Waals surface area (Å²) in [5.74, 6) is -0.888. The van der Waals surface area contributed by atoms with Crippen LogP contribution in [0.2, 0.25) is 0 Å². The van der Waals surface area contributed by atoms with E-state index in [1.807, 2.05) is 6.92 Å². The van der Waals surface area contributed by atoms with Crippen molar-refractivity contribution in [2.75, 3.05) is 0 Å². The Bertz CT molecular complexity index is 500. The van der Waals surface area contributed by atoms with Crippen molar-refractivity contribution in [1.29, 1.82) is 0 Å². The molecule has 1 rings (SSSR count). The number of amides is 1. The molecular formula is C18H27NO3. The molecule has 0 saturated carbocycles. The van der Waals surface area contributed by atoms with Crippen molar-refractivity contribution in [3.63, 3.8) is 0 Å². The fraction of sp³-hybridized carbons (Fsp3) is 0.556. The van der Waals surface area contributed by atoms with Gasteiger partial charge in [0.25, 0.3) is 0 Å². The van der Waals surface area contributed by atoms with E-state index in [4.69, 9.17) is 5.11 Å². The lowest BCUT2D eigenvalue weighted by Crippen LogP contribution is -2.33. The van der Waals surface area contributed by atoms with Gasteiger partial charge in [0.2, 0.25) is 5.91 Å². The Morgan fingerprint density at radius 3 is 2.27 bits per heavy atom. The van der Waals surface area contributed by atoms with E-state index in [1.54, 1.807) is 24.3 Å². The van der Waals surface area contributed by atoms with Gasteiger partial charge in [0.15, 0.2) is 0 Å². The van der Waals surface area contributed by atoms with E-state index in [2.05, 4.69) is 26.1 Å². The van der Waals surface area contributed by atoms with E-state index in [9.17, 15) is 9.59 Å². The van der Waals surface area contributed by atoms with Crippen molar-refractivity contribution in [3.8, 4) is 0 Å². The molecule has 1 amide bonds. The molecular weight excluding hydrogens is 278 g/mol. The first-order chi connectivity index (χ1) is 10.2. The van der Waals surface area contributed by atoms with Gasteiger partial charge in [-0.05, 0) is 49.3 Å². The van der Waals surface area contributed by atoms with E-state index in [1.165, 1.54) is 0 Å². The Labute approximate surface area is 132 Å². The second-order valence-corrected chi connectivity index (χ2v) is 7.07. The zero-order valence-corrected chi connectivity index (χ0v) is 14.0. The van der Waals surface area contributed by atoms with Crippen molar-refractivity contribution in [3.05, 3.63) is 35.4 Å². The molecule has 1 unspecified atom stereocenters. The minimum absolute atomic E-state index is 0.0451. The highest BCUT2D eigenvalue weighted by atomic mass is 16.4. The predicted octanol–water partition coefficient (Wildman–Crippen LogP) is 3.65. The van der Waals surface area contributed by atoms with Gasteiger partial charge in [0.05, 0.1) is 5.56 Å². The molecule has 0 aliphatic rings. The standard InChI is InChI=1S/C18H27NO3/c1-13(11-12-18(2,3)4)19-16(20)10-7-14-5-8-15(9-6-14)17(21)22/h5-6,8-9,13H,7,10-12H2,1-4H3,(H,19,20)(H,21,22). The number of nitrogens with one attached hydrogen (secondary N) is 1. The third-order valence-corrected chi connectivity index (χ3v) is 3.58. The van der Waals surface area contributed by atoms with Crippen LogP contribution in [0.25, 0.3) is 0 Å². The van der Waals surface area contributed by atoms with Gasteiger partial charge in [-0.15, -0.1) is 0 Å². The van der Waals surface area contributed by atoms with Crippen molar-refractivity contribution in [1.82, 2.24) is 5.32 Å². The van der Waals surface area contributed by atoms with Crippen LogP contribution >= 0.6 is 0 Å². The third-order valence-electron chi connectivity index (χ3n) is 3.58. The molecule has 22 heavy (non-hydrogen) atoms. The zero-order chi connectivity index (χ0) is 16.8. The highest BCUT2D eigenvalue weighted by Crippen LogP contribution is 2.21. The summed E-state index contributed by atoms with van der Waals surface area (Å²) in [6.07, 6.45) is 3.09. The maximum absolute atomic E-state index is 11.9. The van der Waals surface area contributed by atoms with Crippen LogP contribution in [0.15, 0.2) is 24.3 Å². The summed E-state index contributed by atoms with van der Waals surface area (Å²) in [6, 6.07) is 6.85. The fourth-order valence-corrected chi connectivity index (χ4v) is 2.14. The molecule has 0 radical (unpaired) electrons. The molecule has 0 aromatic heterocycles. The Morgan fingerprint density at radius 2 is 1.77 bits per heavy atom. The Kier molecular flexibility index (Phi) is 6.60. The molecule has 1 aromatic carbocycles. The Balaban J connectivity index is 2.35. The van der Waals surface area contributed by atoms with Gasteiger partial charge in [0.1, 0.15) is 0 Å². The number of carboxylic acids is 1. The maximum Gasteiger partial charge on any atom is 0.335 e. The smallest absolute Gasteiger partial charge is 0.335 e. The molecule has 4 nitrogen and oxygen atoms in total. The molecule has 0 heterocycles. The first-order valence-electron chi connectivity index (χ1n) is 7.79. The van der Waals surface area contributed by atoms with Crippen LogP contribution < -0.4 is 5.32 Å².